The van der Waals surface area contributed by atoms with E-state index < -0.39 is 5.82 Å². The molecular weight excluding hydrogens is 309 g/mol. The minimum absolute atomic E-state index is 0.0203. The zero-order valence-corrected chi connectivity index (χ0v) is 12.8. The summed E-state index contributed by atoms with van der Waals surface area (Å²) >= 11 is 7.78. The third-order valence-corrected chi connectivity index (χ3v) is 6.01. The number of halogens is 2. The van der Waals surface area contributed by atoms with Gasteiger partial charge in [-0.2, -0.15) is 11.8 Å². The number of aliphatic imine (C=N–C) groups is 1. The van der Waals surface area contributed by atoms with E-state index in [2.05, 4.69) is 0 Å². The Kier molecular flexibility index (Phi) is 3.19. The normalized spacial score (nSPS) is 27.7. The van der Waals surface area contributed by atoms with Crippen molar-refractivity contribution in [3.8, 4) is 0 Å². The number of hydrogen-bond acceptors (Lipinski definition) is 3. The fraction of sp³-hybridized carbons (Fsp3) is 0.375. The molecule has 5 heteroatoms. The number of fused-ring (bicyclic) bond motifs is 1. The highest BCUT2D eigenvalue weighted by molar-refractivity contribution is 8.01. The predicted molar refractivity (Wildman–Crippen MR) is 83.7 cm³/mol. The molecule has 2 unspecified atom stereocenters. The first-order chi connectivity index (χ1) is 10.1. The van der Waals surface area contributed by atoms with Crippen molar-refractivity contribution in [2.45, 2.75) is 30.4 Å². The van der Waals surface area contributed by atoms with E-state index in [0.717, 1.165) is 35.4 Å². The Morgan fingerprint density at radius 1 is 1.29 bits per heavy atom. The van der Waals surface area contributed by atoms with Gasteiger partial charge in [-0.1, -0.05) is 17.7 Å². The lowest BCUT2D eigenvalue weighted by molar-refractivity contribution is -0.115. The second-order valence-corrected chi connectivity index (χ2v) is 7.24. The fourth-order valence-electron chi connectivity index (χ4n) is 3.44. The number of ketones is 1. The summed E-state index contributed by atoms with van der Waals surface area (Å²) in [6.45, 7) is 0. The lowest BCUT2D eigenvalue weighted by Crippen LogP contribution is -2.28. The van der Waals surface area contributed by atoms with Gasteiger partial charge in [-0.25, -0.2) is 4.39 Å². The fourth-order valence-corrected chi connectivity index (χ4v) is 5.06. The van der Waals surface area contributed by atoms with Crippen molar-refractivity contribution < 1.29 is 9.18 Å². The molecule has 1 aliphatic carbocycles. The van der Waals surface area contributed by atoms with Crippen LogP contribution >= 0.6 is 23.4 Å². The number of thioether (sulfide) groups is 1. The smallest absolute Gasteiger partial charge is 0.161 e. The topological polar surface area (TPSA) is 29.4 Å². The second-order valence-electron chi connectivity index (χ2n) is 5.58. The Bertz CT molecular complexity index is 712. The first-order valence-electron chi connectivity index (χ1n) is 7.05. The third-order valence-electron chi connectivity index (χ3n) is 4.38. The summed E-state index contributed by atoms with van der Waals surface area (Å²) in [5, 5.41) is 0.319. The van der Waals surface area contributed by atoms with E-state index in [-0.39, 0.29) is 22.0 Å². The van der Waals surface area contributed by atoms with E-state index in [1.807, 2.05) is 11.8 Å². The van der Waals surface area contributed by atoms with Crippen molar-refractivity contribution in [2.24, 2.45) is 4.99 Å². The van der Waals surface area contributed by atoms with E-state index in [9.17, 15) is 9.18 Å². The third kappa shape index (κ3) is 2.08. The average molecular weight is 322 g/mol. The van der Waals surface area contributed by atoms with Crippen LogP contribution in [0.25, 0.3) is 0 Å². The van der Waals surface area contributed by atoms with E-state index in [1.165, 1.54) is 11.8 Å². The van der Waals surface area contributed by atoms with Gasteiger partial charge in [-0.15, -0.1) is 0 Å². The van der Waals surface area contributed by atoms with Crippen LogP contribution in [-0.2, 0) is 4.79 Å². The zero-order valence-electron chi connectivity index (χ0n) is 11.2. The highest BCUT2D eigenvalue weighted by Crippen LogP contribution is 2.48. The zero-order chi connectivity index (χ0) is 14.6. The van der Waals surface area contributed by atoms with E-state index in [1.54, 1.807) is 12.1 Å². The molecule has 3 aliphatic rings. The first-order valence-corrected chi connectivity index (χ1v) is 8.48. The summed E-state index contributed by atoms with van der Waals surface area (Å²) in [5.74, 6) is 0.777. The average Bonchev–Trinajstić information content (AvgIpc) is 3.07. The molecule has 21 heavy (non-hydrogen) atoms. The summed E-state index contributed by atoms with van der Waals surface area (Å²) in [6.07, 6.45) is 2.26. The Balaban J connectivity index is 1.86. The van der Waals surface area contributed by atoms with Gasteiger partial charge in [0.1, 0.15) is 5.82 Å². The van der Waals surface area contributed by atoms with E-state index in [0.29, 0.717) is 6.42 Å². The van der Waals surface area contributed by atoms with Crippen LogP contribution < -0.4 is 0 Å². The second kappa shape index (κ2) is 4.96. The van der Waals surface area contributed by atoms with Gasteiger partial charge in [-0.3, -0.25) is 9.79 Å². The number of Topliss-reactive ketones (excluding diaryl/α,β-unsaturated/α-hetero) is 1. The van der Waals surface area contributed by atoms with Gasteiger partial charge < -0.3 is 0 Å². The maximum Gasteiger partial charge on any atom is 0.161 e. The molecule has 1 fully saturated rings. The number of benzene rings is 1. The Hall–Kier alpha value is -1.13. The molecule has 2 heterocycles. The Morgan fingerprint density at radius 3 is 2.95 bits per heavy atom. The van der Waals surface area contributed by atoms with Gasteiger partial charge in [0.05, 0.1) is 10.3 Å². The summed E-state index contributed by atoms with van der Waals surface area (Å²) in [7, 11) is 0. The van der Waals surface area contributed by atoms with E-state index in [4.69, 9.17) is 16.6 Å². The van der Waals surface area contributed by atoms with Crippen LogP contribution in [0, 0.1) is 5.82 Å². The monoisotopic (exact) mass is 321 g/mol. The molecule has 4 rings (SSSR count). The molecule has 2 nitrogen and oxygen atoms in total. The molecule has 0 bridgehead atoms. The summed E-state index contributed by atoms with van der Waals surface area (Å²) in [6, 6.07) is 4.81. The molecule has 0 saturated carbocycles. The number of hydrogen-bond donors (Lipinski definition) is 0. The predicted octanol–water partition coefficient (Wildman–Crippen LogP) is 4.14. The van der Waals surface area contributed by atoms with Crippen molar-refractivity contribution >= 4 is 34.9 Å². The van der Waals surface area contributed by atoms with Crippen molar-refractivity contribution in [3.63, 3.8) is 0 Å². The van der Waals surface area contributed by atoms with Crippen molar-refractivity contribution in [1.82, 2.24) is 0 Å². The molecule has 0 spiro atoms. The van der Waals surface area contributed by atoms with E-state index >= 15 is 0 Å². The highest BCUT2D eigenvalue weighted by atomic mass is 35.5. The van der Waals surface area contributed by atoms with Crippen molar-refractivity contribution in [1.29, 1.82) is 0 Å². The van der Waals surface area contributed by atoms with Gasteiger partial charge >= 0.3 is 0 Å². The Morgan fingerprint density at radius 2 is 2.14 bits per heavy atom. The molecule has 1 saturated heterocycles. The summed E-state index contributed by atoms with van der Waals surface area (Å²) in [4.78, 5) is 17.0. The minimum atomic E-state index is -0.420. The van der Waals surface area contributed by atoms with Gasteiger partial charge in [-0.05, 0) is 36.3 Å². The summed E-state index contributed by atoms with van der Waals surface area (Å²) < 4.78 is 13.4. The van der Waals surface area contributed by atoms with Gasteiger partial charge in [0.15, 0.2) is 5.78 Å². The van der Waals surface area contributed by atoms with Crippen LogP contribution in [0.1, 0.15) is 30.7 Å². The maximum atomic E-state index is 13.4. The van der Waals surface area contributed by atoms with Crippen LogP contribution in [0.15, 0.2) is 34.5 Å². The lowest BCUT2D eigenvalue weighted by atomic mass is 9.82. The van der Waals surface area contributed by atoms with Crippen LogP contribution in [0.4, 0.5) is 4.39 Å². The first kappa shape index (κ1) is 13.5. The Labute approximate surface area is 131 Å². The molecule has 2 aliphatic heterocycles. The van der Waals surface area contributed by atoms with Crippen LogP contribution in [-0.4, -0.2) is 22.5 Å². The largest absolute Gasteiger partial charge is 0.294 e. The lowest BCUT2D eigenvalue weighted by Gasteiger charge is -2.29. The SMILES string of the molecule is O=C1CCC2=C1C(c1ccc(F)c(Cl)c1)C1SCCC1=N2. The molecule has 108 valence electrons. The van der Waals surface area contributed by atoms with Crippen LogP contribution in [0.2, 0.25) is 5.02 Å². The minimum Gasteiger partial charge on any atom is -0.294 e. The summed E-state index contributed by atoms with van der Waals surface area (Å²) in [5.41, 5.74) is 3.88. The number of carbonyl (C=O) groups is 1. The number of nitrogens with zero attached hydrogens (tertiary/aromatic N) is 1. The number of carbonyl (C=O) groups excluding carboxylic acids is 1. The molecule has 0 amide bonds. The molecule has 1 aromatic carbocycles. The molecular formula is C16H13ClFNOS. The van der Waals surface area contributed by atoms with Crippen LogP contribution in [0.3, 0.4) is 0 Å². The molecule has 0 aromatic heterocycles. The number of allylic oxidation sites excluding steroid dienone is 2. The molecule has 0 N–H and O–H groups in total. The molecule has 0 radical (unpaired) electrons. The van der Waals surface area contributed by atoms with Gasteiger partial charge in [0, 0.05) is 29.3 Å². The standard InChI is InChI=1S/C16H13ClFNOS/c17-9-7-8(1-2-10(9)18)14-15-11(3-4-13(15)20)19-12-5-6-21-16(12)14/h1-2,7,14,16H,3-6H2. The molecule has 1 aromatic rings. The quantitative estimate of drug-likeness (QED) is 0.778. The van der Waals surface area contributed by atoms with Gasteiger partial charge in [0.25, 0.3) is 0 Å². The number of rotatable bonds is 1. The molecule has 2 atom stereocenters. The highest BCUT2D eigenvalue weighted by Gasteiger charge is 2.43. The van der Waals surface area contributed by atoms with Crippen molar-refractivity contribution in [2.75, 3.05) is 5.75 Å². The van der Waals surface area contributed by atoms with Gasteiger partial charge in [0.2, 0.25) is 0 Å². The van der Waals surface area contributed by atoms with Crippen LogP contribution in [0.5, 0.6) is 0 Å². The van der Waals surface area contributed by atoms with Crippen molar-refractivity contribution in [3.05, 3.63) is 45.9 Å². The maximum absolute atomic E-state index is 13.4.